The molecule has 0 heterocycles. The molecular weight excluding hydrogens is 216 g/mol. The van der Waals surface area contributed by atoms with E-state index in [9.17, 15) is 17.2 Å². The summed E-state index contributed by atoms with van der Waals surface area (Å²) in [5, 5.41) is 0. The molecule has 0 saturated heterocycles. The molecule has 3 N–H and O–H groups in total. The van der Waals surface area contributed by atoms with Crippen molar-refractivity contribution in [3.8, 4) is 0 Å². The molecule has 0 fully saturated rings. The number of alkyl halides is 2. The summed E-state index contributed by atoms with van der Waals surface area (Å²) in [7, 11) is -3.81. The predicted molar refractivity (Wildman–Crippen MR) is 49.2 cm³/mol. The minimum absolute atomic E-state index is 0.0113. The van der Waals surface area contributed by atoms with E-state index in [0.717, 1.165) is 0 Å². The third kappa shape index (κ3) is 4.80. The molecule has 0 atom stereocenters. The lowest BCUT2D eigenvalue weighted by molar-refractivity contribution is 0.120. The summed E-state index contributed by atoms with van der Waals surface area (Å²) in [6, 6.07) is 0. The van der Waals surface area contributed by atoms with Crippen LogP contribution in [0, 0.1) is 0 Å². The van der Waals surface area contributed by atoms with Crippen LogP contribution in [-0.4, -0.2) is 45.3 Å². The molecule has 5 nitrogen and oxygen atoms in total. The van der Waals surface area contributed by atoms with E-state index in [1.165, 1.54) is 0 Å². The Bertz CT molecular complexity index is 245. The highest BCUT2D eigenvalue weighted by Crippen LogP contribution is 2.02. The van der Waals surface area contributed by atoms with Crippen molar-refractivity contribution in [2.45, 2.75) is 13.3 Å². The van der Waals surface area contributed by atoms with E-state index in [2.05, 4.69) is 4.72 Å². The molecule has 0 unspecified atom stereocenters. The van der Waals surface area contributed by atoms with Gasteiger partial charge in [-0.2, -0.15) is 12.7 Å². The maximum atomic E-state index is 12.0. The first-order valence-electron chi connectivity index (χ1n) is 4.17. The van der Waals surface area contributed by atoms with E-state index >= 15 is 0 Å². The van der Waals surface area contributed by atoms with Gasteiger partial charge in [0.25, 0.3) is 16.6 Å². The van der Waals surface area contributed by atoms with Gasteiger partial charge < -0.3 is 5.73 Å². The molecule has 0 aromatic rings. The molecule has 14 heavy (non-hydrogen) atoms. The molecule has 0 aliphatic heterocycles. The summed E-state index contributed by atoms with van der Waals surface area (Å²) in [6.45, 7) is 0.802. The minimum atomic E-state index is -3.81. The van der Waals surface area contributed by atoms with E-state index in [1.807, 2.05) is 0 Å². The fourth-order valence-electron chi connectivity index (χ4n) is 0.881. The average molecular weight is 231 g/mol. The zero-order valence-corrected chi connectivity index (χ0v) is 8.73. The van der Waals surface area contributed by atoms with Gasteiger partial charge in [0.05, 0.1) is 6.54 Å². The van der Waals surface area contributed by atoms with Gasteiger partial charge in [0.1, 0.15) is 0 Å². The molecule has 0 bridgehead atoms. The van der Waals surface area contributed by atoms with Crippen LogP contribution in [-0.2, 0) is 10.2 Å². The van der Waals surface area contributed by atoms with E-state index in [0.29, 0.717) is 4.31 Å². The first kappa shape index (κ1) is 13.7. The summed E-state index contributed by atoms with van der Waals surface area (Å²) in [5.41, 5.74) is 5.12. The lowest BCUT2D eigenvalue weighted by Gasteiger charge is -2.20. The van der Waals surface area contributed by atoms with Crippen LogP contribution in [0.15, 0.2) is 0 Å². The van der Waals surface area contributed by atoms with Crippen molar-refractivity contribution in [3.63, 3.8) is 0 Å². The Hall–Kier alpha value is -0.310. The molecular formula is C6H15F2N3O2S. The molecule has 0 aromatic heterocycles. The van der Waals surface area contributed by atoms with Gasteiger partial charge in [-0.25, -0.2) is 13.5 Å². The zero-order valence-electron chi connectivity index (χ0n) is 7.91. The lowest BCUT2D eigenvalue weighted by atomic mass is 10.6. The van der Waals surface area contributed by atoms with Gasteiger partial charge in [0, 0.05) is 19.6 Å². The molecule has 0 aromatic carbocycles. The smallest absolute Gasteiger partial charge is 0.279 e. The molecule has 0 saturated carbocycles. The van der Waals surface area contributed by atoms with Crippen molar-refractivity contribution < 1.29 is 17.2 Å². The maximum absolute atomic E-state index is 12.0. The number of nitrogens with one attached hydrogen (secondary N) is 1. The van der Waals surface area contributed by atoms with Crippen LogP contribution >= 0.6 is 0 Å². The van der Waals surface area contributed by atoms with Crippen LogP contribution < -0.4 is 10.5 Å². The fourth-order valence-corrected chi connectivity index (χ4v) is 2.08. The van der Waals surface area contributed by atoms with Crippen molar-refractivity contribution in [1.82, 2.24) is 9.03 Å². The number of rotatable bonds is 7. The normalized spacial score (nSPS) is 12.7. The Kier molecular flexibility index (Phi) is 6.09. The predicted octanol–water partition coefficient (Wildman–Crippen LogP) is -0.633. The number of halogens is 2. The van der Waals surface area contributed by atoms with Crippen LogP contribution in [0.25, 0.3) is 0 Å². The highest BCUT2D eigenvalue weighted by atomic mass is 32.2. The first-order chi connectivity index (χ1) is 6.44. The van der Waals surface area contributed by atoms with Gasteiger partial charge in [-0.1, -0.05) is 6.92 Å². The highest BCUT2D eigenvalue weighted by Gasteiger charge is 2.23. The highest BCUT2D eigenvalue weighted by molar-refractivity contribution is 7.87. The first-order valence-corrected chi connectivity index (χ1v) is 5.61. The van der Waals surface area contributed by atoms with Crippen LogP contribution in [0.4, 0.5) is 8.78 Å². The lowest BCUT2D eigenvalue weighted by Crippen LogP contribution is -2.45. The van der Waals surface area contributed by atoms with Gasteiger partial charge in [-0.3, -0.25) is 0 Å². The standard InChI is InChI=1S/C6H15F2N3O2S/c1-2-10-14(12,13)11(4-3-9)5-6(7)8/h6,10H,2-5,9H2,1H3. The van der Waals surface area contributed by atoms with Gasteiger partial charge in [0.2, 0.25) is 0 Å². The Morgan fingerprint density at radius 3 is 2.43 bits per heavy atom. The monoisotopic (exact) mass is 231 g/mol. The molecule has 0 rings (SSSR count). The Morgan fingerprint density at radius 1 is 1.50 bits per heavy atom. The Labute approximate surface area is 82.4 Å². The molecule has 0 spiro atoms. The van der Waals surface area contributed by atoms with E-state index in [4.69, 9.17) is 5.73 Å². The Morgan fingerprint density at radius 2 is 2.07 bits per heavy atom. The van der Waals surface area contributed by atoms with Gasteiger partial charge in [-0.15, -0.1) is 0 Å². The molecule has 0 aliphatic carbocycles. The van der Waals surface area contributed by atoms with E-state index in [-0.39, 0.29) is 19.6 Å². The second-order valence-corrected chi connectivity index (χ2v) is 4.30. The SMILES string of the molecule is CCNS(=O)(=O)N(CCN)CC(F)F. The largest absolute Gasteiger partial charge is 0.329 e. The molecule has 0 aliphatic rings. The molecule has 0 radical (unpaired) electrons. The third-order valence-corrected chi connectivity index (χ3v) is 3.05. The van der Waals surface area contributed by atoms with Crippen molar-refractivity contribution in [2.75, 3.05) is 26.2 Å². The van der Waals surface area contributed by atoms with E-state index in [1.54, 1.807) is 6.92 Å². The van der Waals surface area contributed by atoms with Gasteiger partial charge >= 0.3 is 0 Å². The summed E-state index contributed by atoms with van der Waals surface area (Å²) < 4.78 is 49.3. The van der Waals surface area contributed by atoms with Crippen LogP contribution in [0.2, 0.25) is 0 Å². The quantitative estimate of drug-likeness (QED) is 0.612. The Balaban J connectivity index is 4.46. The third-order valence-electron chi connectivity index (χ3n) is 1.39. The molecule has 86 valence electrons. The van der Waals surface area contributed by atoms with Crippen molar-refractivity contribution in [1.29, 1.82) is 0 Å². The topological polar surface area (TPSA) is 75.4 Å². The van der Waals surface area contributed by atoms with Gasteiger partial charge in [-0.05, 0) is 0 Å². The van der Waals surface area contributed by atoms with Gasteiger partial charge in [0.15, 0.2) is 0 Å². The number of hydrogen-bond acceptors (Lipinski definition) is 3. The number of nitrogens with two attached hydrogens (primary N) is 1. The van der Waals surface area contributed by atoms with Crippen molar-refractivity contribution in [3.05, 3.63) is 0 Å². The minimum Gasteiger partial charge on any atom is -0.329 e. The number of nitrogens with zero attached hydrogens (tertiary/aromatic N) is 1. The summed E-state index contributed by atoms with van der Waals surface area (Å²) in [5.74, 6) is 0. The second-order valence-electron chi connectivity index (χ2n) is 2.54. The molecule has 8 heteroatoms. The van der Waals surface area contributed by atoms with Crippen molar-refractivity contribution >= 4 is 10.2 Å². The second kappa shape index (κ2) is 6.23. The summed E-state index contributed by atoms with van der Waals surface area (Å²) in [4.78, 5) is 0. The summed E-state index contributed by atoms with van der Waals surface area (Å²) in [6.07, 6.45) is -2.70. The van der Waals surface area contributed by atoms with Crippen LogP contribution in [0.3, 0.4) is 0 Å². The van der Waals surface area contributed by atoms with Crippen LogP contribution in [0.5, 0.6) is 0 Å². The van der Waals surface area contributed by atoms with E-state index < -0.39 is 23.2 Å². The zero-order chi connectivity index (χ0) is 11.2. The maximum Gasteiger partial charge on any atom is 0.279 e. The fraction of sp³-hybridized carbons (Fsp3) is 1.00. The van der Waals surface area contributed by atoms with Crippen LogP contribution in [0.1, 0.15) is 6.92 Å². The molecule has 0 amide bonds. The number of hydrogen-bond donors (Lipinski definition) is 2. The van der Waals surface area contributed by atoms with Crippen molar-refractivity contribution in [2.24, 2.45) is 5.73 Å². The summed E-state index contributed by atoms with van der Waals surface area (Å²) >= 11 is 0. The average Bonchev–Trinajstić information content (AvgIpc) is 2.02.